The van der Waals surface area contributed by atoms with Gasteiger partial charge in [-0.05, 0) is 41.7 Å². The molecular formula is C25H27N3O. The molecular weight excluding hydrogens is 358 g/mol. The Hall–Kier alpha value is -3.40. The van der Waals surface area contributed by atoms with Crippen LogP contribution in [0.25, 0.3) is 0 Å². The Balaban J connectivity index is 1.66. The summed E-state index contributed by atoms with van der Waals surface area (Å²) in [7, 11) is 4.01. The largest absolute Gasteiger partial charge is 0.378 e. The van der Waals surface area contributed by atoms with E-state index in [1.54, 1.807) is 6.21 Å². The lowest BCUT2D eigenvalue weighted by Crippen LogP contribution is -2.30. The Kier molecular flexibility index (Phi) is 7.17. The molecule has 3 aromatic rings. The van der Waals surface area contributed by atoms with Crippen molar-refractivity contribution in [2.24, 2.45) is 11.0 Å². The molecule has 0 aliphatic carbocycles. The molecule has 1 N–H and O–H groups in total. The molecule has 1 amide bonds. The summed E-state index contributed by atoms with van der Waals surface area (Å²) in [4.78, 5) is 14.9. The highest BCUT2D eigenvalue weighted by atomic mass is 16.2. The normalized spacial score (nSPS) is 11.0. The number of hydrogen-bond acceptors (Lipinski definition) is 3. The van der Waals surface area contributed by atoms with E-state index < -0.39 is 0 Å². The topological polar surface area (TPSA) is 44.7 Å². The number of carbonyl (C=O) groups excluding carboxylic acids is 1. The van der Waals surface area contributed by atoms with Gasteiger partial charge in [-0.3, -0.25) is 4.79 Å². The van der Waals surface area contributed by atoms with Gasteiger partial charge in [0.05, 0.1) is 6.21 Å². The standard InChI is InChI=1S/C25H27N3O/c1-28(2)24-15-13-22(14-16-24)19-26-27-25(29)23(17-20-9-5-3-6-10-20)18-21-11-7-4-8-12-21/h3-16,19,23H,17-18H2,1-2H3,(H,27,29)/b26-19+. The van der Waals surface area contributed by atoms with Gasteiger partial charge in [-0.1, -0.05) is 72.8 Å². The van der Waals surface area contributed by atoms with E-state index in [1.165, 1.54) is 0 Å². The third-order valence-corrected chi connectivity index (χ3v) is 4.82. The minimum Gasteiger partial charge on any atom is -0.378 e. The Morgan fingerprint density at radius 3 is 1.86 bits per heavy atom. The Bertz CT molecular complexity index is 878. The van der Waals surface area contributed by atoms with Gasteiger partial charge in [0.15, 0.2) is 0 Å². The summed E-state index contributed by atoms with van der Waals surface area (Å²) < 4.78 is 0. The molecule has 0 unspecified atom stereocenters. The van der Waals surface area contributed by atoms with Crippen LogP contribution in [-0.2, 0) is 17.6 Å². The van der Waals surface area contributed by atoms with Crippen LogP contribution in [0.3, 0.4) is 0 Å². The number of rotatable bonds is 8. The molecule has 0 aliphatic heterocycles. The first-order valence-corrected chi connectivity index (χ1v) is 9.80. The van der Waals surface area contributed by atoms with E-state index in [1.807, 2.05) is 79.7 Å². The van der Waals surface area contributed by atoms with Gasteiger partial charge in [0.25, 0.3) is 0 Å². The van der Waals surface area contributed by atoms with Crippen molar-refractivity contribution in [1.82, 2.24) is 5.43 Å². The van der Waals surface area contributed by atoms with Gasteiger partial charge in [-0.25, -0.2) is 5.43 Å². The van der Waals surface area contributed by atoms with E-state index in [0.29, 0.717) is 12.8 Å². The average Bonchev–Trinajstić information content (AvgIpc) is 2.75. The van der Waals surface area contributed by atoms with E-state index in [-0.39, 0.29) is 11.8 Å². The minimum atomic E-state index is -0.187. The van der Waals surface area contributed by atoms with Crippen LogP contribution in [0.1, 0.15) is 16.7 Å². The van der Waals surface area contributed by atoms with Crippen molar-refractivity contribution in [2.45, 2.75) is 12.8 Å². The van der Waals surface area contributed by atoms with Gasteiger partial charge in [-0.2, -0.15) is 5.10 Å². The first-order valence-electron chi connectivity index (χ1n) is 9.80. The molecule has 0 heterocycles. The number of hydrogen-bond donors (Lipinski definition) is 1. The summed E-state index contributed by atoms with van der Waals surface area (Å²) >= 11 is 0. The second-order valence-electron chi connectivity index (χ2n) is 7.30. The number of amides is 1. The molecule has 0 spiro atoms. The summed E-state index contributed by atoms with van der Waals surface area (Å²) in [5, 5.41) is 4.18. The molecule has 29 heavy (non-hydrogen) atoms. The monoisotopic (exact) mass is 385 g/mol. The van der Waals surface area contributed by atoms with Crippen LogP contribution in [0.15, 0.2) is 90.0 Å². The summed E-state index contributed by atoms with van der Waals surface area (Å²) in [5.41, 5.74) is 7.08. The summed E-state index contributed by atoms with van der Waals surface area (Å²) in [5.74, 6) is -0.257. The second-order valence-corrected chi connectivity index (χ2v) is 7.30. The third kappa shape index (κ3) is 6.32. The molecule has 0 fully saturated rings. The van der Waals surface area contributed by atoms with Crippen molar-refractivity contribution in [2.75, 3.05) is 19.0 Å². The third-order valence-electron chi connectivity index (χ3n) is 4.82. The predicted molar refractivity (Wildman–Crippen MR) is 120 cm³/mol. The molecule has 0 aliphatic rings. The number of nitrogens with zero attached hydrogens (tertiary/aromatic N) is 2. The quantitative estimate of drug-likeness (QED) is 0.464. The highest BCUT2D eigenvalue weighted by molar-refractivity contribution is 5.84. The van der Waals surface area contributed by atoms with Crippen molar-refractivity contribution in [3.63, 3.8) is 0 Å². The lowest BCUT2D eigenvalue weighted by atomic mass is 9.92. The Labute approximate surface area is 172 Å². The van der Waals surface area contributed by atoms with Crippen LogP contribution in [0, 0.1) is 5.92 Å². The van der Waals surface area contributed by atoms with Crippen molar-refractivity contribution in [3.05, 3.63) is 102 Å². The summed E-state index contributed by atoms with van der Waals surface area (Å²) in [6.45, 7) is 0. The number of benzene rings is 3. The summed E-state index contributed by atoms with van der Waals surface area (Å²) in [6, 6.07) is 28.2. The second kappa shape index (κ2) is 10.2. The molecule has 0 radical (unpaired) electrons. The van der Waals surface area contributed by atoms with Crippen LogP contribution < -0.4 is 10.3 Å². The zero-order valence-electron chi connectivity index (χ0n) is 17.0. The van der Waals surface area contributed by atoms with E-state index in [9.17, 15) is 4.79 Å². The SMILES string of the molecule is CN(C)c1ccc(/C=N/NC(=O)C(Cc2ccccc2)Cc2ccccc2)cc1. The smallest absolute Gasteiger partial charge is 0.243 e. The highest BCUT2D eigenvalue weighted by Crippen LogP contribution is 2.15. The summed E-state index contributed by atoms with van der Waals surface area (Å²) in [6.07, 6.45) is 3.03. The fraction of sp³-hybridized carbons (Fsp3) is 0.200. The van der Waals surface area contributed by atoms with E-state index >= 15 is 0 Å². The van der Waals surface area contributed by atoms with Gasteiger partial charge in [0, 0.05) is 25.7 Å². The maximum atomic E-state index is 12.9. The fourth-order valence-electron chi connectivity index (χ4n) is 3.18. The first kappa shape index (κ1) is 20.3. The fourth-order valence-corrected chi connectivity index (χ4v) is 3.18. The highest BCUT2D eigenvalue weighted by Gasteiger charge is 2.19. The van der Waals surface area contributed by atoms with Crippen LogP contribution in [0.2, 0.25) is 0 Å². The lowest BCUT2D eigenvalue weighted by molar-refractivity contribution is -0.124. The van der Waals surface area contributed by atoms with Gasteiger partial charge in [-0.15, -0.1) is 0 Å². The number of carbonyl (C=O) groups is 1. The van der Waals surface area contributed by atoms with E-state index in [4.69, 9.17) is 0 Å². The van der Waals surface area contributed by atoms with Crippen molar-refractivity contribution >= 4 is 17.8 Å². The van der Waals surface area contributed by atoms with E-state index in [2.05, 4.69) is 34.8 Å². The molecule has 0 saturated heterocycles. The zero-order chi connectivity index (χ0) is 20.5. The Morgan fingerprint density at radius 2 is 1.38 bits per heavy atom. The van der Waals surface area contributed by atoms with Gasteiger partial charge in [0.1, 0.15) is 0 Å². The van der Waals surface area contributed by atoms with Gasteiger partial charge in [0.2, 0.25) is 5.91 Å². The maximum absolute atomic E-state index is 12.9. The molecule has 0 atom stereocenters. The first-order chi connectivity index (χ1) is 14.1. The lowest BCUT2D eigenvalue weighted by Gasteiger charge is -2.15. The Morgan fingerprint density at radius 1 is 0.862 bits per heavy atom. The zero-order valence-corrected chi connectivity index (χ0v) is 17.0. The van der Waals surface area contributed by atoms with Crippen LogP contribution >= 0.6 is 0 Å². The predicted octanol–water partition coefficient (Wildman–Crippen LogP) is 4.30. The van der Waals surface area contributed by atoms with Crippen molar-refractivity contribution in [3.8, 4) is 0 Å². The average molecular weight is 386 g/mol. The number of anilines is 1. The number of hydrazone groups is 1. The van der Waals surface area contributed by atoms with Gasteiger partial charge >= 0.3 is 0 Å². The minimum absolute atomic E-state index is 0.0705. The van der Waals surface area contributed by atoms with Crippen LogP contribution in [0.4, 0.5) is 5.69 Å². The maximum Gasteiger partial charge on any atom is 0.243 e. The van der Waals surface area contributed by atoms with Crippen LogP contribution in [-0.4, -0.2) is 26.2 Å². The van der Waals surface area contributed by atoms with Crippen molar-refractivity contribution in [1.29, 1.82) is 0 Å². The molecule has 0 bridgehead atoms. The molecule has 0 aromatic heterocycles. The van der Waals surface area contributed by atoms with Gasteiger partial charge < -0.3 is 4.90 Å². The van der Waals surface area contributed by atoms with E-state index in [0.717, 1.165) is 22.4 Å². The molecule has 0 saturated carbocycles. The molecule has 3 rings (SSSR count). The van der Waals surface area contributed by atoms with Crippen molar-refractivity contribution < 1.29 is 4.79 Å². The molecule has 4 nitrogen and oxygen atoms in total. The number of nitrogens with one attached hydrogen (secondary N) is 1. The molecule has 4 heteroatoms. The molecule has 148 valence electrons. The van der Waals surface area contributed by atoms with Crippen LogP contribution in [0.5, 0.6) is 0 Å². The molecule has 3 aromatic carbocycles.